The van der Waals surface area contributed by atoms with Gasteiger partial charge in [0, 0.05) is 32.1 Å². The van der Waals surface area contributed by atoms with E-state index in [4.69, 9.17) is 0 Å². The zero-order valence-corrected chi connectivity index (χ0v) is 9.34. The predicted molar refractivity (Wildman–Crippen MR) is 55.6 cm³/mol. The molecule has 1 aromatic rings. The van der Waals surface area contributed by atoms with E-state index in [1.165, 1.54) is 17.0 Å². The van der Waals surface area contributed by atoms with Gasteiger partial charge in [0.05, 0.1) is 5.69 Å². The smallest absolute Gasteiger partial charge is 0.369 e. The Morgan fingerprint density at radius 1 is 1.17 bits per heavy atom. The maximum absolute atomic E-state index is 13.0. The van der Waals surface area contributed by atoms with Gasteiger partial charge in [-0.05, 0) is 12.1 Å². The first-order valence-electron chi connectivity index (χ1n) is 5.45. The van der Waals surface area contributed by atoms with Gasteiger partial charge < -0.3 is 4.90 Å². The predicted octanol–water partition coefficient (Wildman–Crippen LogP) is 3.34. The van der Waals surface area contributed by atoms with Crippen molar-refractivity contribution in [3.05, 3.63) is 24.0 Å². The molecular weight excluding hydrogens is 255 g/mol. The third-order valence-corrected chi connectivity index (χ3v) is 2.89. The van der Waals surface area contributed by atoms with Crippen LogP contribution in [0.25, 0.3) is 0 Å². The first-order chi connectivity index (χ1) is 8.30. The molecule has 0 N–H and O–H groups in total. The van der Waals surface area contributed by atoms with Crippen molar-refractivity contribution in [2.75, 3.05) is 18.0 Å². The van der Waals surface area contributed by atoms with E-state index in [-0.39, 0.29) is 18.8 Å². The fraction of sp³-hybridized carbons (Fsp3) is 0.545. The van der Waals surface area contributed by atoms with Crippen LogP contribution in [0.4, 0.5) is 27.6 Å². The van der Waals surface area contributed by atoms with Gasteiger partial charge in [-0.3, -0.25) is 0 Å². The number of rotatable bonds is 1. The number of pyridine rings is 1. The highest BCUT2D eigenvalue weighted by atomic mass is 19.4. The van der Waals surface area contributed by atoms with Crippen molar-refractivity contribution in [1.82, 2.24) is 4.98 Å². The highest BCUT2D eigenvalue weighted by Crippen LogP contribution is 2.37. The van der Waals surface area contributed by atoms with Gasteiger partial charge in [0.15, 0.2) is 5.69 Å². The molecule has 100 valence electrons. The van der Waals surface area contributed by atoms with Crippen LogP contribution in [0, 0.1) is 0 Å². The summed E-state index contributed by atoms with van der Waals surface area (Å²) in [6, 6.07) is 2.64. The van der Waals surface area contributed by atoms with E-state index in [0.29, 0.717) is 0 Å². The van der Waals surface area contributed by atoms with Crippen molar-refractivity contribution < 1.29 is 22.0 Å². The van der Waals surface area contributed by atoms with Crippen molar-refractivity contribution in [3.63, 3.8) is 0 Å². The zero-order valence-electron chi connectivity index (χ0n) is 9.34. The van der Waals surface area contributed by atoms with Gasteiger partial charge in [-0.1, -0.05) is 0 Å². The highest BCUT2D eigenvalue weighted by Gasteiger charge is 2.39. The zero-order chi connectivity index (χ0) is 13.4. The molecule has 1 aliphatic rings. The lowest BCUT2D eigenvalue weighted by Crippen LogP contribution is -2.40. The minimum absolute atomic E-state index is 0.0955. The van der Waals surface area contributed by atoms with Crippen LogP contribution in [-0.4, -0.2) is 24.0 Å². The summed E-state index contributed by atoms with van der Waals surface area (Å²) in [4.78, 5) is 4.62. The van der Waals surface area contributed by atoms with Gasteiger partial charge in [-0.15, -0.1) is 0 Å². The molecule has 2 heterocycles. The number of hydrogen-bond acceptors (Lipinski definition) is 2. The lowest BCUT2D eigenvalue weighted by atomic mass is 10.1. The van der Waals surface area contributed by atoms with E-state index in [0.717, 1.165) is 6.20 Å². The molecule has 18 heavy (non-hydrogen) atoms. The quantitative estimate of drug-likeness (QED) is 0.725. The monoisotopic (exact) mass is 266 g/mol. The van der Waals surface area contributed by atoms with Crippen LogP contribution in [0.1, 0.15) is 18.5 Å². The second kappa shape index (κ2) is 4.37. The number of anilines is 1. The van der Waals surface area contributed by atoms with Gasteiger partial charge in [-0.25, -0.2) is 13.8 Å². The Balaban J connectivity index is 2.25. The number of nitrogens with zero attached hydrogens (tertiary/aromatic N) is 2. The van der Waals surface area contributed by atoms with Crippen LogP contribution < -0.4 is 4.90 Å². The molecule has 0 aliphatic carbocycles. The van der Waals surface area contributed by atoms with Crippen molar-refractivity contribution in [1.29, 1.82) is 0 Å². The first-order valence-corrected chi connectivity index (χ1v) is 5.45. The van der Waals surface area contributed by atoms with E-state index in [9.17, 15) is 22.0 Å². The summed E-state index contributed by atoms with van der Waals surface area (Å²) >= 11 is 0. The van der Waals surface area contributed by atoms with Gasteiger partial charge in [0.25, 0.3) is 5.92 Å². The largest absolute Gasteiger partial charge is 0.435 e. The van der Waals surface area contributed by atoms with Gasteiger partial charge in [0.1, 0.15) is 0 Å². The van der Waals surface area contributed by atoms with E-state index in [2.05, 4.69) is 4.98 Å². The topological polar surface area (TPSA) is 16.1 Å². The average molecular weight is 266 g/mol. The summed E-state index contributed by atoms with van der Waals surface area (Å²) in [6.45, 7) is -0.191. The van der Waals surface area contributed by atoms with E-state index in [1.54, 1.807) is 0 Å². The van der Waals surface area contributed by atoms with Crippen molar-refractivity contribution >= 4 is 5.69 Å². The first kappa shape index (κ1) is 13.0. The molecule has 0 saturated carbocycles. The lowest BCUT2D eigenvalue weighted by Gasteiger charge is -2.34. The van der Waals surface area contributed by atoms with Crippen LogP contribution in [0.3, 0.4) is 0 Å². The molecule has 1 saturated heterocycles. The molecule has 0 bridgehead atoms. The molecule has 0 aromatic carbocycles. The molecule has 7 heteroatoms. The summed E-state index contributed by atoms with van der Waals surface area (Å²) < 4.78 is 64.1. The summed E-state index contributed by atoms with van der Waals surface area (Å²) in [5.41, 5.74) is -1.14. The van der Waals surface area contributed by atoms with Crippen LogP contribution in [-0.2, 0) is 6.18 Å². The standard InChI is InChI=1S/C11H11F5N2/c12-10(13)3-6-18(7-4-10)8-2-1-5-17-9(8)11(14,15)16/h1-2,5H,3-4,6-7H2. The fourth-order valence-corrected chi connectivity index (χ4v) is 1.95. The maximum Gasteiger partial charge on any atom is 0.435 e. The van der Waals surface area contributed by atoms with Crippen molar-refractivity contribution in [3.8, 4) is 0 Å². The molecule has 2 rings (SSSR count). The molecule has 0 atom stereocenters. The number of piperidine rings is 1. The Morgan fingerprint density at radius 3 is 2.33 bits per heavy atom. The minimum Gasteiger partial charge on any atom is -0.369 e. The maximum atomic E-state index is 13.0. The third-order valence-electron chi connectivity index (χ3n) is 2.89. The normalized spacial score (nSPS) is 19.9. The summed E-state index contributed by atoms with van der Waals surface area (Å²) in [6.07, 6.45) is -4.39. The molecule has 1 fully saturated rings. The number of aromatic nitrogens is 1. The lowest BCUT2D eigenvalue weighted by molar-refractivity contribution is -0.140. The Labute approximate surface area is 100 Å². The third kappa shape index (κ3) is 2.70. The van der Waals surface area contributed by atoms with E-state index >= 15 is 0 Å². The Hall–Kier alpha value is -1.40. The Kier molecular flexibility index (Phi) is 3.16. The molecule has 0 amide bonds. The molecule has 2 nitrogen and oxygen atoms in total. The van der Waals surface area contributed by atoms with Crippen LogP contribution in [0.5, 0.6) is 0 Å². The molecule has 0 unspecified atom stereocenters. The minimum atomic E-state index is -4.57. The second-order valence-corrected chi connectivity index (χ2v) is 4.21. The SMILES string of the molecule is FC1(F)CCN(c2cccnc2C(F)(F)F)CC1. The Morgan fingerprint density at radius 2 is 1.78 bits per heavy atom. The molecule has 0 spiro atoms. The fourth-order valence-electron chi connectivity index (χ4n) is 1.95. The van der Waals surface area contributed by atoms with Crippen LogP contribution in [0.15, 0.2) is 18.3 Å². The number of halogens is 5. The van der Waals surface area contributed by atoms with Crippen LogP contribution >= 0.6 is 0 Å². The summed E-state index contributed by atoms with van der Waals surface area (Å²) in [7, 11) is 0. The highest BCUT2D eigenvalue weighted by molar-refractivity contribution is 5.52. The number of hydrogen-bond donors (Lipinski definition) is 0. The summed E-state index contributed by atoms with van der Waals surface area (Å²) in [5, 5.41) is 0. The molecular formula is C11H11F5N2. The molecule has 1 aromatic heterocycles. The summed E-state index contributed by atoms with van der Waals surface area (Å²) in [5.74, 6) is -2.78. The van der Waals surface area contributed by atoms with Gasteiger partial charge in [-0.2, -0.15) is 13.2 Å². The van der Waals surface area contributed by atoms with Gasteiger partial charge >= 0.3 is 6.18 Å². The van der Waals surface area contributed by atoms with Gasteiger partial charge in [0.2, 0.25) is 0 Å². The van der Waals surface area contributed by atoms with Crippen molar-refractivity contribution in [2.45, 2.75) is 24.9 Å². The van der Waals surface area contributed by atoms with Crippen molar-refractivity contribution in [2.24, 2.45) is 0 Å². The Bertz CT molecular complexity index is 420. The van der Waals surface area contributed by atoms with E-state index in [1.807, 2.05) is 0 Å². The van der Waals surface area contributed by atoms with E-state index < -0.39 is 30.6 Å². The number of alkyl halides is 5. The molecule has 0 radical (unpaired) electrons. The average Bonchev–Trinajstić information content (AvgIpc) is 2.28. The second-order valence-electron chi connectivity index (χ2n) is 4.21. The van der Waals surface area contributed by atoms with Crippen LogP contribution in [0.2, 0.25) is 0 Å². The molecule has 1 aliphatic heterocycles.